The first-order valence-corrected chi connectivity index (χ1v) is 8.21. The summed E-state index contributed by atoms with van der Waals surface area (Å²) in [5, 5.41) is 0. The van der Waals surface area contributed by atoms with Crippen molar-refractivity contribution in [1.29, 1.82) is 0 Å². The lowest BCUT2D eigenvalue weighted by Gasteiger charge is -2.09. The largest absolute Gasteiger partial charge is 0.500 e. The highest BCUT2D eigenvalue weighted by Crippen LogP contribution is 2.29. The number of hydrogen-bond acceptors (Lipinski definition) is 4. The Bertz CT molecular complexity index is 833. The Kier molecular flexibility index (Phi) is 4.59. The van der Waals surface area contributed by atoms with Gasteiger partial charge in [-0.05, 0) is 29.8 Å². The molecule has 2 aromatic rings. The lowest BCUT2D eigenvalue weighted by Crippen LogP contribution is -1.99. The number of ether oxygens (including phenoxy) is 1. The Morgan fingerprint density at radius 1 is 1.18 bits per heavy atom. The summed E-state index contributed by atoms with van der Waals surface area (Å²) in [5.74, 6) is 0.382. The van der Waals surface area contributed by atoms with Crippen molar-refractivity contribution >= 4 is 21.8 Å². The van der Waals surface area contributed by atoms with Gasteiger partial charge in [0.05, 0.1) is 11.5 Å². The Morgan fingerprint density at radius 2 is 1.86 bits per heavy atom. The molecule has 0 saturated carbocycles. The molecule has 0 aliphatic carbocycles. The number of benzene rings is 2. The minimum absolute atomic E-state index is 0.201. The maximum atomic E-state index is 11.4. The van der Waals surface area contributed by atoms with E-state index in [1.165, 1.54) is 18.2 Å². The molecule has 0 heterocycles. The van der Waals surface area contributed by atoms with Gasteiger partial charge in [0.2, 0.25) is 5.69 Å². The third-order valence-corrected chi connectivity index (χ3v) is 4.11. The molecule has 0 aliphatic heterocycles. The van der Waals surface area contributed by atoms with E-state index >= 15 is 0 Å². The van der Waals surface area contributed by atoms with Crippen LogP contribution in [0.25, 0.3) is 4.85 Å². The van der Waals surface area contributed by atoms with Crippen LogP contribution in [0.1, 0.15) is 15.9 Å². The van der Waals surface area contributed by atoms with Gasteiger partial charge in [-0.1, -0.05) is 18.2 Å². The zero-order valence-corrected chi connectivity index (χ0v) is 12.6. The zero-order chi connectivity index (χ0) is 16.2. The van der Waals surface area contributed by atoms with Crippen LogP contribution in [0.4, 0.5) is 5.69 Å². The first-order valence-electron chi connectivity index (χ1n) is 6.32. The maximum absolute atomic E-state index is 11.4. The van der Waals surface area contributed by atoms with E-state index in [1.54, 1.807) is 24.3 Å². The van der Waals surface area contributed by atoms with E-state index in [1.807, 2.05) is 0 Å². The number of carbonyl (C=O) groups excluding carboxylic acids is 1. The summed E-state index contributed by atoms with van der Waals surface area (Å²) < 4.78 is 28.3. The number of carbonyl (C=O) groups is 1. The molecule has 6 heteroatoms. The number of sulfone groups is 1. The van der Waals surface area contributed by atoms with Gasteiger partial charge in [0.25, 0.3) is 0 Å². The fraction of sp³-hybridized carbons (Fsp3) is 0.125. The number of nitrogens with zero attached hydrogens (tertiary/aromatic N) is 1. The molecule has 0 saturated heterocycles. The van der Waals surface area contributed by atoms with Crippen molar-refractivity contribution in [3.8, 4) is 5.75 Å². The average Bonchev–Trinajstić information content (AvgIpc) is 2.52. The van der Waals surface area contributed by atoms with Crippen LogP contribution in [0.5, 0.6) is 5.75 Å². The average molecular weight is 315 g/mol. The van der Waals surface area contributed by atoms with Gasteiger partial charge < -0.3 is 4.74 Å². The van der Waals surface area contributed by atoms with Crippen molar-refractivity contribution in [2.75, 3.05) is 6.26 Å². The van der Waals surface area contributed by atoms with Crippen LogP contribution >= 0.6 is 0 Å². The fourth-order valence-electron chi connectivity index (χ4n) is 1.81. The molecule has 0 fully saturated rings. The van der Waals surface area contributed by atoms with E-state index in [0.717, 1.165) is 11.8 Å². The Hall–Kier alpha value is -2.65. The van der Waals surface area contributed by atoms with Gasteiger partial charge >= 0.3 is 0 Å². The van der Waals surface area contributed by atoms with Crippen molar-refractivity contribution in [2.45, 2.75) is 11.5 Å². The van der Waals surface area contributed by atoms with Gasteiger partial charge in [-0.2, -0.15) is 0 Å². The number of rotatable bonds is 5. The van der Waals surface area contributed by atoms with Crippen LogP contribution in [-0.2, 0) is 16.4 Å². The summed E-state index contributed by atoms with van der Waals surface area (Å²) in [4.78, 5) is 14.3. The lowest BCUT2D eigenvalue weighted by molar-refractivity contribution is 0.112. The molecule has 0 atom stereocenters. The molecular formula is C16H13NO4S. The molecule has 112 valence electrons. The monoisotopic (exact) mass is 315 g/mol. The molecule has 5 nitrogen and oxygen atoms in total. The highest BCUT2D eigenvalue weighted by Gasteiger charge is 2.08. The Labute approximate surface area is 128 Å². The summed E-state index contributed by atoms with van der Waals surface area (Å²) in [5.41, 5.74) is 1.45. The molecule has 0 unspecified atom stereocenters. The summed E-state index contributed by atoms with van der Waals surface area (Å²) in [6, 6.07) is 11.0. The molecule has 0 bridgehead atoms. The van der Waals surface area contributed by atoms with Gasteiger partial charge in [0, 0.05) is 11.8 Å². The summed E-state index contributed by atoms with van der Waals surface area (Å²) in [6.07, 6.45) is 1.82. The minimum Gasteiger partial charge on any atom is -0.500 e. The molecule has 2 aromatic carbocycles. The summed E-state index contributed by atoms with van der Waals surface area (Å²) >= 11 is 0. The van der Waals surface area contributed by atoms with Crippen LogP contribution in [0.2, 0.25) is 0 Å². The first-order chi connectivity index (χ1) is 10.4. The number of hydrogen-bond donors (Lipinski definition) is 0. The van der Waals surface area contributed by atoms with Crippen LogP contribution < -0.4 is 4.74 Å². The van der Waals surface area contributed by atoms with Crippen LogP contribution in [0.15, 0.2) is 47.4 Å². The van der Waals surface area contributed by atoms with E-state index in [0.29, 0.717) is 17.6 Å². The topological polar surface area (TPSA) is 64.8 Å². The molecule has 0 aromatic heterocycles. The van der Waals surface area contributed by atoms with Crippen molar-refractivity contribution in [3.63, 3.8) is 0 Å². The molecule has 0 radical (unpaired) electrons. The van der Waals surface area contributed by atoms with Crippen molar-refractivity contribution in [3.05, 3.63) is 65.0 Å². The Balaban J connectivity index is 2.14. The van der Waals surface area contributed by atoms with Crippen molar-refractivity contribution in [1.82, 2.24) is 0 Å². The second-order valence-corrected chi connectivity index (χ2v) is 6.68. The molecule has 0 aliphatic rings. The van der Waals surface area contributed by atoms with E-state index < -0.39 is 9.84 Å². The molecule has 0 spiro atoms. The molecule has 0 N–H and O–H groups in total. The third kappa shape index (κ3) is 3.71. The molecular weight excluding hydrogens is 302 g/mol. The van der Waals surface area contributed by atoms with Crippen molar-refractivity contribution < 1.29 is 17.9 Å². The predicted octanol–water partition coefficient (Wildman–Crippen LogP) is 3.03. The smallest absolute Gasteiger partial charge is 0.228 e. The maximum Gasteiger partial charge on any atom is 0.228 e. The Morgan fingerprint density at radius 3 is 2.41 bits per heavy atom. The number of aldehydes is 1. The van der Waals surface area contributed by atoms with Gasteiger partial charge in [-0.15, -0.1) is 0 Å². The van der Waals surface area contributed by atoms with E-state index in [2.05, 4.69) is 4.85 Å². The van der Waals surface area contributed by atoms with Crippen molar-refractivity contribution in [2.24, 2.45) is 0 Å². The van der Waals surface area contributed by atoms with Crippen LogP contribution in [0, 0.1) is 6.57 Å². The minimum atomic E-state index is -3.22. The van der Waals surface area contributed by atoms with E-state index in [9.17, 15) is 13.2 Å². The fourth-order valence-corrected chi connectivity index (χ4v) is 2.44. The van der Waals surface area contributed by atoms with Gasteiger partial charge in [0.1, 0.15) is 18.6 Å². The first kappa shape index (κ1) is 15.7. The third-order valence-electron chi connectivity index (χ3n) is 2.99. The van der Waals surface area contributed by atoms with Gasteiger partial charge in [-0.3, -0.25) is 4.79 Å². The zero-order valence-electron chi connectivity index (χ0n) is 11.8. The SMILES string of the molecule is [C-]#[N+]c1cc(C=O)ccc1OCc1ccc(S(C)(=O)=O)cc1. The quantitative estimate of drug-likeness (QED) is 0.628. The second-order valence-electron chi connectivity index (χ2n) is 4.66. The second kappa shape index (κ2) is 6.41. The van der Waals surface area contributed by atoms with Gasteiger partial charge in [-0.25, -0.2) is 13.3 Å². The molecule has 2 rings (SSSR count). The highest BCUT2D eigenvalue weighted by molar-refractivity contribution is 7.90. The summed E-state index contributed by atoms with van der Waals surface area (Å²) in [6.45, 7) is 7.30. The van der Waals surface area contributed by atoms with E-state index in [4.69, 9.17) is 11.3 Å². The molecule has 22 heavy (non-hydrogen) atoms. The highest BCUT2D eigenvalue weighted by atomic mass is 32.2. The van der Waals surface area contributed by atoms with Crippen LogP contribution in [-0.4, -0.2) is 21.0 Å². The summed E-state index contributed by atoms with van der Waals surface area (Å²) in [7, 11) is -3.22. The van der Waals surface area contributed by atoms with Crippen LogP contribution in [0.3, 0.4) is 0 Å². The van der Waals surface area contributed by atoms with E-state index in [-0.39, 0.29) is 17.2 Å². The normalized spacial score (nSPS) is 10.7. The predicted molar refractivity (Wildman–Crippen MR) is 82.0 cm³/mol. The molecule has 0 amide bonds. The lowest BCUT2D eigenvalue weighted by atomic mass is 10.2. The van der Waals surface area contributed by atoms with Gasteiger partial charge in [0.15, 0.2) is 9.84 Å². The standard InChI is InChI=1S/C16H13NO4S/c1-17-15-9-13(10-18)5-8-16(15)21-11-12-3-6-14(7-4-12)22(2,19)20/h3-10H,11H2,2H3.